The molecule has 1 rings (SSSR count). The number of nitrogens with zero attached hydrogens (tertiary/aromatic N) is 2. The molecule has 20 heavy (non-hydrogen) atoms. The number of nitrogens with two attached hydrogens (primary N) is 1. The van der Waals surface area contributed by atoms with Gasteiger partial charge in [-0.25, -0.2) is 4.39 Å². The van der Waals surface area contributed by atoms with Gasteiger partial charge < -0.3 is 21.2 Å². The number of unbranched alkanes of at least 4 members (excludes halogenated alkanes) is 1. The zero-order chi connectivity index (χ0) is 15.0. The van der Waals surface area contributed by atoms with Gasteiger partial charge in [0.15, 0.2) is 5.84 Å². The minimum Gasteiger partial charge on any atom is -0.409 e. The lowest BCUT2D eigenvalue weighted by Gasteiger charge is -2.10. The van der Waals surface area contributed by atoms with E-state index in [0.717, 1.165) is 25.9 Å². The van der Waals surface area contributed by atoms with Crippen molar-refractivity contribution in [2.24, 2.45) is 10.9 Å². The summed E-state index contributed by atoms with van der Waals surface area (Å²) in [6, 6.07) is 4.88. The van der Waals surface area contributed by atoms with E-state index in [2.05, 4.69) is 15.4 Å². The fourth-order valence-corrected chi connectivity index (χ4v) is 1.87. The van der Waals surface area contributed by atoms with Gasteiger partial charge >= 0.3 is 0 Å². The monoisotopic (exact) mass is 282 g/mol. The Morgan fingerprint density at radius 3 is 2.80 bits per heavy atom. The highest BCUT2D eigenvalue weighted by Gasteiger charge is 2.10. The van der Waals surface area contributed by atoms with Gasteiger partial charge in [-0.2, -0.15) is 0 Å². The van der Waals surface area contributed by atoms with Crippen LogP contribution in [0.1, 0.15) is 24.0 Å². The average Bonchev–Trinajstić information content (AvgIpc) is 2.43. The van der Waals surface area contributed by atoms with Crippen molar-refractivity contribution in [1.82, 2.24) is 10.2 Å². The third-order valence-electron chi connectivity index (χ3n) is 2.99. The molecule has 5 nitrogen and oxygen atoms in total. The summed E-state index contributed by atoms with van der Waals surface area (Å²) in [6.07, 6.45) is 2.15. The Morgan fingerprint density at radius 1 is 1.40 bits per heavy atom. The van der Waals surface area contributed by atoms with E-state index in [1.807, 2.05) is 14.1 Å². The molecule has 0 unspecified atom stereocenters. The summed E-state index contributed by atoms with van der Waals surface area (Å²) in [5.41, 5.74) is 6.06. The van der Waals surface area contributed by atoms with Gasteiger partial charge in [-0.05, 0) is 46.1 Å². The number of halogens is 1. The summed E-state index contributed by atoms with van der Waals surface area (Å²) in [5, 5.41) is 14.6. The number of hydrogen-bond acceptors (Lipinski definition) is 4. The Balaban J connectivity index is 2.45. The van der Waals surface area contributed by atoms with E-state index < -0.39 is 5.82 Å². The van der Waals surface area contributed by atoms with E-state index in [4.69, 9.17) is 10.9 Å². The summed E-state index contributed by atoms with van der Waals surface area (Å²) in [4.78, 5) is 2.14. The number of rotatable bonds is 8. The van der Waals surface area contributed by atoms with Crippen LogP contribution >= 0.6 is 0 Å². The molecule has 0 saturated heterocycles. The van der Waals surface area contributed by atoms with Crippen molar-refractivity contribution in [1.29, 1.82) is 0 Å². The number of benzene rings is 1. The van der Waals surface area contributed by atoms with Gasteiger partial charge in [-0.3, -0.25) is 0 Å². The van der Waals surface area contributed by atoms with Crippen LogP contribution in [-0.4, -0.2) is 43.1 Å². The van der Waals surface area contributed by atoms with Gasteiger partial charge in [0.2, 0.25) is 0 Å². The molecule has 4 N–H and O–H groups in total. The second-order valence-corrected chi connectivity index (χ2v) is 4.95. The molecule has 0 radical (unpaired) electrons. The van der Waals surface area contributed by atoms with Crippen molar-refractivity contribution in [3.63, 3.8) is 0 Å². The van der Waals surface area contributed by atoms with E-state index in [0.29, 0.717) is 12.1 Å². The molecule has 112 valence electrons. The van der Waals surface area contributed by atoms with Crippen LogP contribution in [0.25, 0.3) is 0 Å². The Labute approximate surface area is 119 Å². The standard InChI is InChI=1S/C14H23FN4O/c1-19(2)9-4-3-8-17-10-11-6-5-7-12(13(11)15)14(16)18-20/h5-7,17,20H,3-4,8-10H2,1-2H3,(H2,16,18). The first-order chi connectivity index (χ1) is 9.56. The molecule has 0 amide bonds. The lowest BCUT2D eigenvalue weighted by molar-refractivity contribution is 0.318. The lowest BCUT2D eigenvalue weighted by Crippen LogP contribution is -2.20. The second-order valence-electron chi connectivity index (χ2n) is 4.95. The summed E-state index contributed by atoms with van der Waals surface area (Å²) >= 11 is 0. The molecule has 0 aliphatic heterocycles. The summed E-state index contributed by atoms with van der Waals surface area (Å²) < 4.78 is 14.1. The van der Waals surface area contributed by atoms with E-state index in [1.165, 1.54) is 6.07 Å². The highest BCUT2D eigenvalue weighted by Crippen LogP contribution is 2.12. The molecule has 0 spiro atoms. The fraction of sp³-hybridized carbons (Fsp3) is 0.500. The van der Waals surface area contributed by atoms with Gasteiger partial charge in [-0.1, -0.05) is 17.3 Å². The molecule has 0 aromatic heterocycles. The maximum atomic E-state index is 14.1. The lowest BCUT2D eigenvalue weighted by atomic mass is 10.1. The van der Waals surface area contributed by atoms with Crippen molar-refractivity contribution >= 4 is 5.84 Å². The molecule has 0 aliphatic carbocycles. The molecule has 0 saturated carbocycles. The maximum Gasteiger partial charge on any atom is 0.173 e. The van der Waals surface area contributed by atoms with Crippen molar-refractivity contribution in [2.45, 2.75) is 19.4 Å². The SMILES string of the molecule is CN(C)CCCCNCc1cccc(/C(N)=N/O)c1F. The van der Waals surface area contributed by atoms with Crippen LogP contribution in [0.4, 0.5) is 4.39 Å². The van der Waals surface area contributed by atoms with Gasteiger partial charge in [0.25, 0.3) is 0 Å². The number of oxime groups is 1. The van der Waals surface area contributed by atoms with Crippen molar-refractivity contribution in [3.05, 3.63) is 35.1 Å². The maximum absolute atomic E-state index is 14.1. The molecular formula is C14H23FN4O. The quantitative estimate of drug-likeness (QED) is 0.221. The zero-order valence-corrected chi connectivity index (χ0v) is 12.1. The molecule has 0 aliphatic rings. The fourth-order valence-electron chi connectivity index (χ4n) is 1.87. The predicted molar refractivity (Wildman–Crippen MR) is 78.4 cm³/mol. The topological polar surface area (TPSA) is 73.9 Å². The van der Waals surface area contributed by atoms with E-state index in [9.17, 15) is 4.39 Å². The second kappa shape index (κ2) is 8.50. The molecule has 1 aromatic rings. The average molecular weight is 282 g/mol. The van der Waals surface area contributed by atoms with Crippen molar-refractivity contribution < 1.29 is 9.60 Å². The van der Waals surface area contributed by atoms with E-state index >= 15 is 0 Å². The van der Waals surface area contributed by atoms with E-state index in [1.54, 1.807) is 12.1 Å². The Kier molecular flexibility index (Phi) is 6.97. The Bertz CT molecular complexity index is 449. The molecule has 0 bridgehead atoms. The molecule has 0 heterocycles. The van der Waals surface area contributed by atoms with Gasteiger partial charge in [-0.15, -0.1) is 0 Å². The van der Waals surface area contributed by atoms with Crippen LogP contribution < -0.4 is 11.1 Å². The zero-order valence-electron chi connectivity index (χ0n) is 12.1. The number of nitrogens with one attached hydrogen (secondary N) is 1. The first kappa shape index (κ1) is 16.4. The van der Waals surface area contributed by atoms with Crippen LogP contribution in [-0.2, 0) is 6.54 Å². The van der Waals surface area contributed by atoms with Gasteiger partial charge in [0, 0.05) is 12.1 Å². The van der Waals surface area contributed by atoms with E-state index in [-0.39, 0.29) is 11.4 Å². The first-order valence-corrected chi connectivity index (χ1v) is 6.67. The Hall–Kier alpha value is -1.66. The molecule has 0 atom stereocenters. The first-order valence-electron chi connectivity index (χ1n) is 6.67. The largest absolute Gasteiger partial charge is 0.409 e. The molecule has 0 fully saturated rings. The Morgan fingerprint density at radius 2 is 2.15 bits per heavy atom. The van der Waals surface area contributed by atoms with Crippen LogP contribution in [0.15, 0.2) is 23.4 Å². The summed E-state index contributed by atoms with van der Waals surface area (Å²) in [7, 11) is 4.09. The summed E-state index contributed by atoms with van der Waals surface area (Å²) in [5.74, 6) is -0.654. The van der Waals surface area contributed by atoms with Crippen LogP contribution in [0, 0.1) is 5.82 Å². The number of amidine groups is 1. The third kappa shape index (κ3) is 5.14. The van der Waals surface area contributed by atoms with Gasteiger partial charge in [0.05, 0.1) is 5.56 Å². The molecule has 6 heteroatoms. The normalized spacial score (nSPS) is 12.1. The van der Waals surface area contributed by atoms with Gasteiger partial charge in [0.1, 0.15) is 5.82 Å². The van der Waals surface area contributed by atoms with Crippen LogP contribution in [0.3, 0.4) is 0 Å². The van der Waals surface area contributed by atoms with Crippen LogP contribution in [0.2, 0.25) is 0 Å². The molecular weight excluding hydrogens is 259 g/mol. The van der Waals surface area contributed by atoms with Crippen molar-refractivity contribution in [2.75, 3.05) is 27.2 Å². The highest BCUT2D eigenvalue weighted by molar-refractivity contribution is 5.97. The minimum absolute atomic E-state index is 0.124. The predicted octanol–water partition coefficient (Wildman–Crippen LogP) is 1.35. The smallest absolute Gasteiger partial charge is 0.173 e. The minimum atomic E-state index is -0.441. The number of hydrogen-bond donors (Lipinski definition) is 3. The summed E-state index contributed by atoms with van der Waals surface area (Å²) in [6.45, 7) is 2.32. The van der Waals surface area contributed by atoms with Crippen molar-refractivity contribution in [3.8, 4) is 0 Å². The van der Waals surface area contributed by atoms with Crippen LogP contribution in [0.5, 0.6) is 0 Å². The molecule has 1 aromatic carbocycles. The third-order valence-corrected chi connectivity index (χ3v) is 2.99. The highest BCUT2D eigenvalue weighted by atomic mass is 19.1.